The molecule has 0 bridgehead atoms. The summed E-state index contributed by atoms with van der Waals surface area (Å²) in [5, 5.41) is 11.7. The van der Waals surface area contributed by atoms with Gasteiger partial charge in [-0.05, 0) is 81.5 Å². The van der Waals surface area contributed by atoms with Crippen molar-refractivity contribution in [3.63, 3.8) is 0 Å². The summed E-state index contributed by atoms with van der Waals surface area (Å²) in [6.07, 6.45) is 13.0. The van der Waals surface area contributed by atoms with Crippen LogP contribution in [0.2, 0.25) is 0 Å². The molecule has 0 atom stereocenters. The third-order valence-electron chi connectivity index (χ3n) is 8.12. The normalized spacial score (nSPS) is 14.2. The van der Waals surface area contributed by atoms with Gasteiger partial charge in [0.05, 0.1) is 22.6 Å². The van der Waals surface area contributed by atoms with Crippen LogP contribution < -0.4 is 5.32 Å². The van der Waals surface area contributed by atoms with Crippen molar-refractivity contribution < 1.29 is 4.39 Å². The smallest absolute Gasteiger partial charge is 0.181 e. The van der Waals surface area contributed by atoms with E-state index in [1.54, 1.807) is 12.4 Å². The van der Waals surface area contributed by atoms with Gasteiger partial charge in [-0.2, -0.15) is 5.10 Å². The average molecular weight is 591 g/mol. The van der Waals surface area contributed by atoms with E-state index in [4.69, 9.17) is 4.98 Å². The molecule has 1 aromatic carbocycles. The Labute approximate surface area is 254 Å². The zero-order valence-electron chi connectivity index (χ0n) is 24.9. The van der Waals surface area contributed by atoms with E-state index < -0.39 is 0 Å². The number of aromatic amines is 2. The molecule has 1 fully saturated rings. The van der Waals surface area contributed by atoms with Gasteiger partial charge in [0.15, 0.2) is 11.5 Å². The van der Waals surface area contributed by atoms with Crippen LogP contribution in [0.25, 0.3) is 55.8 Å². The van der Waals surface area contributed by atoms with E-state index in [9.17, 15) is 4.39 Å². The highest BCUT2D eigenvalue weighted by Gasteiger charge is 2.18. The van der Waals surface area contributed by atoms with Crippen molar-refractivity contribution >= 4 is 27.8 Å². The second-order valence-corrected chi connectivity index (χ2v) is 11.7. The van der Waals surface area contributed by atoms with Crippen LogP contribution in [0.4, 0.5) is 10.1 Å². The first-order chi connectivity index (χ1) is 21.5. The number of aromatic nitrogens is 7. The number of hydrogen-bond donors (Lipinski definition) is 3. The van der Waals surface area contributed by atoms with Gasteiger partial charge in [-0.1, -0.05) is 6.42 Å². The Bertz CT molecular complexity index is 1920. The fourth-order valence-corrected chi connectivity index (χ4v) is 5.88. The molecule has 44 heavy (non-hydrogen) atoms. The lowest BCUT2D eigenvalue weighted by molar-refractivity contribution is 0.220. The number of nitrogens with zero attached hydrogens (tertiary/aromatic N) is 7. The van der Waals surface area contributed by atoms with Crippen LogP contribution in [-0.2, 0) is 6.54 Å². The van der Waals surface area contributed by atoms with Crippen LogP contribution in [0, 0.1) is 5.82 Å². The SMILES string of the molecule is CN(C)CCNc1cc(F)cc(-c2cncc3[nH]c(-c4[nH]nc5ncc(-c6cncc(CN7CCCCC7)c6)cc45)nc23)c1. The summed E-state index contributed by atoms with van der Waals surface area (Å²) in [6, 6.07) is 9.22. The maximum Gasteiger partial charge on any atom is 0.181 e. The molecule has 6 aromatic rings. The number of hydrogen-bond acceptors (Lipinski definition) is 8. The molecular weight excluding hydrogens is 555 g/mol. The van der Waals surface area contributed by atoms with Gasteiger partial charge in [0.2, 0.25) is 0 Å². The fraction of sp³-hybridized carbons (Fsp3) is 0.303. The number of benzene rings is 1. The molecule has 0 aliphatic carbocycles. The number of pyridine rings is 3. The largest absolute Gasteiger partial charge is 0.384 e. The minimum atomic E-state index is -0.324. The van der Waals surface area contributed by atoms with Crippen molar-refractivity contribution in [1.82, 2.24) is 44.9 Å². The van der Waals surface area contributed by atoms with Gasteiger partial charge >= 0.3 is 0 Å². The predicted molar refractivity (Wildman–Crippen MR) is 172 cm³/mol. The lowest BCUT2D eigenvalue weighted by Gasteiger charge is -2.26. The van der Waals surface area contributed by atoms with Crippen LogP contribution in [0.15, 0.2) is 61.3 Å². The molecule has 3 N–H and O–H groups in total. The predicted octanol–water partition coefficient (Wildman–Crippen LogP) is 5.72. The number of rotatable bonds is 9. The molecule has 0 unspecified atom stereocenters. The molecule has 7 rings (SSSR count). The summed E-state index contributed by atoms with van der Waals surface area (Å²) in [7, 11) is 4.01. The van der Waals surface area contributed by atoms with Crippen molar-refractivity contribution in [1.29, 1.82) is 0 Å². The number of imidazole rings is 1. The van der Waals surface area contributed by atoms with Gasteiger partial charge in [-0.25, -0.2) is 14.4 Å². The summed E-state index contributed by atoms with van der Waals surface area (Å²) < 4.78 is 14.7. The lowest BCUT2D eigenvalue weighted by Crippen LogP contribution is -2.29. The van der Waals surface area contributed by atoms with Gasteiger partial charge < -0.3 is 15.2 Å². The maximum absolute atomic E-state index is 14.7. The van der Waals surface area contributed by atoms with Crippen molar-refractivity contribution in [2.24, 2.45) is 0 Å². The number of halogens is 1. The zero-order valence-corrected chi connectivity index (χ0v) is 24.9. The van der Waals surface area contributed by atoms with E-state index in [1.165, 1.54) is 37.0 Å². The van der Waals surface area contributed by atoms with Crippen molar-refractivity contribution in [3.05, 3.63) is 72.7 Å². The van der Waals surface area contributed by atoms with Crippen LogP contribution in [0.3, 0.4) is 0 Å². The van der Waals surface area contributed by atoms with Crippen LogP contribution in [0.1, 0.15) is 24.8 Å². The van der Waals surface area contributed by atoms with Crippen LogP contribution >= 0.6 is 0 Å². The van der Waals surface area contributed by atoms with E-state index in [2.05, 4.69) is 57.4 Å². The Morgan fingerprint density at radius 1 is 0.909 bits per heavy atom. The van der Waals surface area contributed by atoms with E-state index >= 15 is 0 Å². The second-order valence-electron chi connectivity index (χ2n) is 11.7. The number of likely N-dealkylation sites (N-methyl/N-ethyl adjacent to an activating group) is 1. The lowest BCUT2D eigenvalue weighted by atomic mass is 10.1. The molecule has 224 valence electrons. The Morgan fingerprint density at radius 2 is 1.75 bits per heavy atom. The molecule has 5 aromatic heterocycles. The van der Waals surface area contributed by atoms with E-state index in [1.807, 2.05) is 38.8 Å². The highest BCUT2D eigenvalue weighted by molar-refractivity contribution is 5.97. The third kappa shape index (κ3) is 5.88. The highest BCUT2D eigenvalue weighted by atomic mass is 19.1. The summed E-state index contributed by atoms with van der Waals surface area (Å²) >= 11 is 0. The first kappa shape index (κ1) is 28.1. The van der Waals surface area contributed by atoms with Crippen molar-refractivity contribution in [2.45, 2.75) is 25.8 Å². The molecule has 1 aliphatic rings. The second kappa shape index (κ2) is 12.1. The molecule has 0 spiro atoms. The fourth-order valence-electron chi connectivity index (χ4n) is 5.88. The van der Waals surface area contributed by atoms with Crippen LogP contribution in [0.5, 0.6) is 0 Å². The minimum Gasteiger partial charge on any atom is -0.384 e. The summed E-state index contributed by atoms with van der Waals surface area (Å²) in [5.74, 6) is 0.281. The maximum atomic E-state index is 14.7. The van der Waals surface area contributed by atoms with Gasteiger partial charge in [0.25, 0.3) is 0 Å². The van der Waals surface area contributed by atoms with E-state index in [-0.39, 0.29) is 5.82 Å². The Morgan fingerprint density at radius 3 is 2.61 bits per heavy atom. The molecule has 6 heterocycles. The Kier molecular flexibility index (Phi) is 7.71. The van der Waals surface area contributed by atoms with Gasteiger partial charge in [-0.15, -0.1) is 0 Å². The Hall–Kier alpha value is -4.74. The number of anilines is 1. The Balaban J connectivity index is 1.21. The summed E-state index contributed by atoms with van der Waals surface area (Å²) in [4.78, 5) is 26.5. The van der Waals surface area contributed by atoms with Gasteiger partial charge in [0, 0.05) is 66.8 Å². The topological polar surface area (TPSA) is 115 Å². The standard InChI is InChI=1S/C33H35FN10/c1-43(2)9-6-37-26-12-22(11-25(34)14-26)28-18-36-19-29-30(28)40-33(39-29)31-27-13-24(17-38-32(27)42-41-31)23-10-21(15-35-16-23)20-44-7-4-3-5-8-44/h10-19,37H,3-9,20H2,1-2H3,(H,39,40)(H,38,41,42). The molecule has 10 nitrogen and oxygen atoms in total. The molecule has 0 amide bonds. The number of nitrogens with one attached hydrogen (secondary N) is 3. The molecular formula is C33H35FN10. The first-order valence-electron chi connectivity index (χ1n) is 15.0. The number of likely N-dealkylation sites (tertiary alicyclic amines) is 1. The molecule has 1 saturated heterocycles. The van der Waals surface area contributed by atoms with E-state index in [0.717, 1.165) is 59.5 Å². The van der Waals surface area contributed by atoms with Gasteiger partial charge in [-0.3, -0.25) is 20.0 Å². The summed E-state index contributed by atoms with van der Waals surface area (Å²) in [6.45, 7) is 4.72. The van der Waals surface area contributed by atoms with E-state index in [0.29, 0.717) is 34.8 Å². The number of piperidine rings is 1. The average Bonchev–Trinajstić information content (AvgIpc) is 3.65. The van der Waals surface area contributed by atoms with Crippen molar-refractivity contribution in [3.8, 4) is 33.8 Å². The minimum absolute atomic E-state index is 0.324. The quantitative estimate of drug-likeness (QED) is 0.196. The number of fused-ring (bicyclic) bond motifs is 2. The summed E-state index contributed by atoms with van der Waals surface area (Å²) in [5.41, 5.74) is 8.07. The van der Waals surface area contributed by atoms with Crippen molar-refractivity contribution in [2.75, 3.05) is 45.6 Å². The molecule has 0 radical (unpaired) electrons. The molecule has 0 saturated carbocycles. The zero-order chi connectivity index (χ0) is 30.0. The molecule has 11 heteroatoms. The monoisotopic (exact) mass is 590 g/mol. The highest BCUT2D eigenvalue weighted by Crippen LogP contribution is 2.33. The first-order valence-corrected chi connectivity index (χ1v) is 15.0. The molecule has 1 aliphatic heterocycles. The van der Waals surface area contributed by atoms with Crippen LogP contribution in [-0.4, -0.2) is 85.2 Å². The number of H-pyrrole nitrogens is 2. The van der Waals surface area contributed by atoms with Gasteiger partial charge in [0.1, 0.15) is 11.5 Å². The third-order valence-corrected chi connectivity index (χ3v) is 8.12.